The molecular formula is C7H13NO2. The maximum Gasteiger partial charge on any atom is 0.311 e. The zero-order valence-electron chi connectivity index (χ0n) is 6.13. The van der Waals surface area contributed by atoms with Gasteiger partial charge in [0.2, 0.25) is 0 Å². The second kappa shape index (κ2) is 2.23. The molecule has 0 aliphatic heterocycles. The first kappa shape index (κ1) is 7.54. The van der Waals surface area contributed by atoms with Gasteiger partial charge in [-0.3, -0.25) is 4.79 Å². The zero-order chi connectivity index (χ0) is 7.78. The Balaban J connectivity index is 2.69. The molecule has 0 aromatic rings. The summed E-state index contributed by atoms with van der Waals surface area (Å²) in [6.45, 7) is 2.23. The second-order valence-corrected chi connectivity index (χ2v) is 3.11. The number of aliphatic carboxylic acids is 1. The van der Waals surface area contributed by atoms with E-state index in [1.807, 2.05) is 6.92 Å². The molecule has 1 rings (SSSR count). The van der Waals surface area contributed by atoms with Crippen LogP contribution in [0.5, 0.6) is 0 Å². The van der Waals surface area contributed by atoms with Crippen LogP contribution in [0.15, 0.2) is 0 Å². The maximum absolute atomic E-state index is 10.7. The van der Waals surface area contributed by atoms with Crippen molar-refractivity contribution < 1.29 is 9.90 Å². The molecule has 1 aliphatic carbocycles. The molecule has 0 spiro atoms. The van der Waals surface area contributed by atoms with Gasteiger partial charge in [0.15, 0.2) is 0 Å². The predicted octanol–water partition coefficient (Wildman–Crippen LogP) is 0.446. The lowest BCUT2D eigenvalue weighted by Crippen LogP contribution is -2.50. The fraction of sp³-hybridized carbons (Fsp3) is 0.857. The molecule has 1 fully saturated rings. The van der Waals surface area contributed by atoms with Crippen molar-refractivity contribution in [2.75, 3.05) is 6.54 Å². The van der Waals surface area contributed by atoms with Crippen molar-refractivity contribution in [2.24, 2.45) is 17.1 Å². The van der Waals surface area contributed by atoms with Gasteiger partial charge in [0, 0.05) is 6.54 Å². The summed E-state index contributed by atoms with van der Waals surface area (Å²) >= 11 is 0. The van der Waals surface area contributed by atoms with Crippen LogP contribution in [0, 0.1) is 11.3 Å². The van der Waals surface area contributed by atoms with Gasteiger partial charge in [-0.15, -0.1) is 0 Å². The lowest BCUT2D eigenvalue weighted by Gasteiger charge is -2.43. The third-order valence-electron chi connectivity index (χ3n) is 2.76. The van der Waals surface area contributed by atoms with Crippen molar-refractivity contribution in [1.82, 2.24) is 0 Å². The van der Waals surface area contributed by atoms with Crippen LogP contribution in [0.25, 0.3) is 0 Å². The first-order valence-electron chi connectivity index (χ1n) is 3.57. The van der Waals surface area contributed by atoms with Crippen LogP contribution in [0.4, 0.5) is 0 Å². The van der Waals surface area contributed by atoms with Gasteiger partial charge in [-0.1, -0.05) is 6.92 Å². The molecule has 2 atom stereocenters. The van der Waals surface area contributed by atoms with Gasteiger partial charge in [0.1, 0.15) is 0 Å². The van der Waals surface area contributed by atoms with Crippen molar-refractivity contribution >= 4 is 5.97 Å². The van der Waals surface area contributed by atoms with Gasteiger partial charge in [-0.2, -0.15) is 0 Å². The Morgan fingerprint density at radius 2 is 2.50 bits per heavy atom. The first-order valence-corrected chi connectivity index (χ1v) is 3.57. The molecule has 1 aliphatic rings. The number of rotatable bonds is 2. The van der Waals surface area contributed by atoms with Crippen LogP contribution >= 0.6 is 0 Å². The number of hydrogen-bond acceptors (Lipinski definition) is 2. The summed E-state index contributed by atoms with van der Waals surface area (Å²) in [4.78, 5) is 10.7. The highest BCUT2D eigenvalue weighted by molar-refractivity contribution is 5.76. The van der Waals surface area contributed by atoms with E-state index >= 15 is 0 Å². The van der Waals surface area contributed by atoms with E-state index < -0.39 is 11.4 Å². The van der Waals surface area contributed by atoms with Crippen LogP contribution in [0.2, 0.25) is 0 Å². The van der Waals surface area contributed by atoms with Crippen LogP contribution in [-0.2, 0) is 4.79 Å². The van der Waals surface area contributed by atoms with Gasteiger partial charge < -0.3 is 10.8 Å². The van der Waals surface area contributed by atoms with E-state index in [9.17, 15) is 4.79 Å². The van der Waals surface area contributed by atoms with Crippen LogP contribution in [-0.4, -0.2) is 17.6 Å². The number of carboxylic acid groups (broad SMARTS) is 1. The van der Waals surface area contributed by atoms with E-state index in [0.29, 0.717) is 0 Å². The Morgan fingerprint density at radius 1 is 1.90 bits per heavy atom. The van der Waals surface area contributed by atoms with E-state index in [4.69, 9.17) is 10.8 Å². The monoisotopic (exact) mass is 143 g/mol. The fourth-order valence-electron chi connectivity index (χ4n) is 1.49. The zero-order valence-corrected chi connectivity index (χ0v) is 6.13. The van der Waals surface area contributed by atoms with Crippen molar-refractivity contribution in [2.45, 2.75) is 19.8 Å². The Morgan fingerprint density at radius 3 is 2.50 bits per heavy atom. The molecule has 2 unspecified atom stereocenters. The number of carboxylic acids is 1. The van der Waals surface area contributed by atoms with E-state index in [1.54, 1.807) is 0 Å². The average Bonchev–Trinajstić information content (AvgIpc) is 1.86. The van der Waals surface area contributed by atoms with Crippen molar-refractivity contribution in [3.63, 3.8) is 0 Å². The Kier molecular flexibility index (Phi) is 1.68. The summed E-state index contributed by atoms with van der Waals surface area (Å²) in [5.74, 6) is -0.469. The fourth-order valence-corrected chi connectivity index (χ4v) is 1.49. The Hall–Kier alpha value is -0.570. The highest BCUT2D eigenvalue weighted by Gasteiger charge is 2.49. The average molecular weight is 143 g/mol. The summed E-state index contributed by atoms with van der Waals surface area (Å²) in [6, 6.07) is 0. The molecule has 0 aromatic heterocycles. The maximum atomic E-state index is 10.7. The van der Waals surface area contributed by atoms with E-state index in [1.165, 1.54) is 0 Å². The largest absolute Gasteiger partial charge is 0.481 e. The molecule has 0 radical (unpaired) electrons. The molecule has 0 aromatic carbocycles. The minimum Gasteiger partial charge on any atom is -0.481 e. The molecule has 0 saturated heterocycles. The quantitative estimate of drug-likeness (QED) is 0.589. The van der Waals surface area contributed by atoms with Crippen molar-refractivity contribution in [1.29, 1.82) is 0 Å². The molecule has 10 heavy (non-hydrogen) atoms. The normalized spacial score (nSPS) is 38.8. The van der Waals surface area contributed by atoms with Gasteiger partial charge in [-0.25, -0.2) is 0 Å². The molecule has 0 heterocycles. The van der Waals surface area contributed by atoms with Crippen molar-refractivity contribution in [3.8, 4) is 0 Å². The van der Waals surface area contributed by atoms with Gasteiger partial charge >= 0.3 is 5.97 Å². The van der Waals surface area contributed by atoms with Crippen LogP contribution in [0.3, 0.4) is 0 Å². The predicted molar refractivity (Wildman–Crippen MR) is 37.5 cm³/mol. The van der Waals surface area contributed by atoms with Crippen LogP contribution < -0.4 is 5.73 Å². The summed E-state index contributed by atoms with van der Waals surface area (Å²) in [5.41, 5.74) is 4.80. The van der Waals surface area contributed by atoms with Crippen molar-refractivity contribution in [3.05, 3.63) is 0 Å². The summed E-state index contributed by atoms with van der Waals surface area (Å²) in [6.07, 6.45) is 1.75. The van der Waals surface area contributed by atoms with E-state index in [0.717, 1.165) is 12.8 Å². The first-order chi connectivity index (χ1) is 4.63. The third kappa shape index (κ3) is 0.736. The van der Waals surface area contributed by atoms with Crippen LogP contribution in [0.1, 0.15) is 19.8 Å². The van der Waals surface area contributed by atoms with E-state index in [2.05, 4.69) is 0 Å². The standard InChI is InChI=1S/C7H13NO2/c1-5-2-3-7(5,4-8)6(9)10/h5H,2-4,8H2,1H3,(H,9,10). The number of nitrogens with two attached hydrogens (primary N) is 1. The lowest BCUT2D eigenvalue weighted by molar-refractivity contribution is -0.158. The second-order valence-electron chi connectivity index (χ2n) is 3.11. The Bertz CT molecular complexity index is 154. The summed E-state index contributed by atoms with van der Waals surface area (Å²) < 4.78 is 0. The summed E-state index contributed by atoms with van der Waals surface area (Å²) in [5, 5.41) is 8.77. The number of carbonyl (C=O) groups is 1. The Labute approximate surface area is 60.2 Å². The molecule has 0 bridgehead atoms. The van der Waals surface area contributed by atoms with E-state index in [-0.39, 0.29) is 12.5 Å². The number of hydrogen-bond donors (Lipinski definition) is 2. The van der Waals surface area contributed by atoms with Gasteiger partial charge in [-0.05, 0) is 18.8 Å². The third-order valence-corrected chi connectivity index (χ3v) is 2.76. The highest BCUT2D eigenvalue weighted by atomic mass is 16.4. The molecule has 58 valence electrons. The lowest BCUT2D eigenvalue weighted by atomic mass is 9.61. The molecule has 3 heteroatoms. The molecule has 3 nitrogen and oxygen atoms in total. The molecule has 0 amide bonds. The minimum atomic E-state index is -0.728. The van der Waals surface area contributed by atoms with Gasteiger partial charge in [0.25, 0.3) is 0 Å². The highest BCUT2D eigenvalue weighted by Crippen LogP contribution is 2.45. The van der Waals surface area contributed by atoms with Gasteiger partial charge in [0.05, 0.1) is 5.41 Å². The molecular weight excluding hydrogens is 130 g/mol. The molecule has 1 saturated carbocycles. The smallest absolute Gasteiger partial charge is 0.311 e. The SMILES string of the molecule is CC1CCC1(CN)C(=O)O. The minimum absolute atomic E-state index is 0.259. The molecule has 3 N–H and O–H groups in total. The summed E-state index contributed by atoms with van der Waals surface area (Å²) in [7, 11) is 0. The topological polar surface area (TPSA) is 63.3 Å².